The maximum atomic E-state index is 12.6. The lowest BCUT2D eigenvalue weighted by Gasteiger charge is -2.43. The summed E-state index contributed by atoms with van der Waals surface area (Å²) in [5, 5.41) is 0.110. The number of cyclic esters (lactones) is 1. The molecule has 2 fully saturated rings. The van der Waals surface area contributed by atoms with E-state index in [-0.39, 0.29) is 28.4 Å². The molecule has 0 aromatic rings. The van der Waals surface area contributed by atoms with Crippen LogP contribution in [0.4, 0.5) is 0 Å². The second-order valence-corrected chi connectivity index (χ2v) is 13.8. The first-order valence-corrected chi connectivity index (χ1v) is 11.7. The standard InChI is InChI=1S/C19H30O3Si/c1-7-15(22-23(5,6)18(2,3)4)16-17(20)21-12-19(16)11-13-8-9-14(19)10-13/h7-9,13-16H,1,10-12H2,2-6H3/t13-,14+,15-,16?,19+/m1/s1. The first-order valence-electron chi connectivity index (χ1n) is 8.76. The van der Waals surface area contributed by atoms with Crippen LogP contribution in [0.1, 0.15) is 33.6 Å². The summed E-state index contributed by atoms with van der Waals surface area (Å²) in [6, 6.07) is 0. The summed E-state index contributed by atoms with van der Waals surface area (Å²) in [7, 11) is -1.97. The third-order valence-electron chi connectivity index (χ3n) is 6.71. The predicted molar refractivity (Wildman–Crippen MR) is 94.5 cm³/mol. The number of esters is 1. The lowest BCUT2D eigenvalue weighted by atomic mass is 9.66. The van der Waals surface area contributed by atoms with E-state index in [4.69, 9.17) is 9.16 Å². The number of rotatable bonds is 4. The summed E-state index contributed by atoms with van der Waals surface area (Å²) in [5.74, 6) is 0.772. The Hall–Kier alpha value is -0.873. The first kappa shape index (κ1) is 17.0. The van der Waals surface area contributed by atoms with Crippen molar-refractivity contribution in [2.45, 2.75) is 57.8 Å². The van der Waals surface area contributed by atoms with Crippen LogP contribution in [0.5, 0.6) is 0 Å². The first-order chi connectivity index (χ1) is 10.6. The minimum Gasteiger partial charge on any atom is -0.465 e. The van der Waals surface area contributed by atoms with E-state index in [1.54, 1.807) is 0 Å². The highest BCUT2D eigenvalue weighted by atomic mass is 28.4. The van der Waals surface area contributed by atoms with Crippen molar-refractivity contribution in [3.8, 4) is 0 Å². The van der Waals surface area contributed by atoms with Gasteiger partial charge in [-0.05, 0) is 42.8 Å². The Bertz CT molecular complexity index is 545. The second-order valence-electron chi connectivity index (χ2n) is 9.09. The van der Waals surface area contributed by atoms with Crippen molar-refractivity contribution < 1.29 is 14.0 Å². The van der Waals surface area contributed by atoms with E-state index in [1.807, 2.05) is 6.08 Å². The van der Waals surface area contributed by atoms with Gasteiger partial charge in [-0.3, -0.25) is 4.79 Å². The number of allylic oxidation sites excluding steroid dienone is 2. The van der Waals surface area contributed by atoms with Crippen molar-refractivity contribution in [3.05, 3.63) is 24.8 Å². The van der Waals surface area contributed by atoms with E-state index < -0.39 is 8.32 Å². The smallest absolute Gasteiger partial charge is 0.312 e. The molecule has 3 rings (SSSR count). The van der Waals surface area contributed by atoms with Crippen LogP contribution in [0.3, 0.4) is 0 Å². The Morgan fingerprint density at radius 2 is 2.13 bits per heavy atom. The van der Waals surface area contributed by atoms with Crippen molar-refractivity contribution in [3.63, 3.8) is 0 Å². The molecule has 1 heterocycles. The summed E-state index contributed by atoms with van der Waals surface area (Å²) in [6.07, 6.45) is 8.43. The van der Waals surface area contributed by atoms with Crippen molar-refractivity contribution in [1.29, 1.82) is 0 Å². The van der Waals surface area contributed by atoms with E-state index in [0.717, 1.165) is 12.8 Å². The third kappa shape index (κ3) is 2.54. The van der Waals surface area contributed by atoms with Crippen LogP contribution < -0.4 is 0 Å². The van der Waals surface area contributed by atoms with Crippen LogP contribution in [0, 0.1) is 23.2 Å². The Labute approximate surface area is 141 Å². The Kier molecular flexibility index (Phi) is 3.92. The van der Waals surface area contributed by atoms with Crippen LogP contribution >= 0.6 is 0 Å². The lowest BCUT2D eigenvalue weighted by Crippen LogP contribution is -2.49. The number of fused-ring (bicyclic) bond motifs is 3. The minimum absolute atomic E-state index is 0.0717. The Balaban J connectivity index is 1.89. The van der Waals surface area contributed by atoms with Crippen molar-refractivity contribution in [2.24, 2.45) is 23.2 Å². The van der Waals surface area contributed by atoms with Gasteiger partial charge in [-0.25, -0.2) is 0 Å². The molecule has 0 aromatic heterocycles. The lowest BCUT2D eigenvalue weighted by molar-refractivity contribution is -0.143. The van der Waals surface area contributed by atoms with Gasteiger partial charge in [0.05, 0.1) is 18.6 Å². The molecule has 1 spiro atoms. The molecule has 0 amide bonds. The summed E-state index contributed by atoms with van der Waals surface area (Å²) < 4.78 is 12.1. The van der Waals surface area contributed by atoms with Gasteiger partial charge in [-0.15, -0.1) is 6.58 Å². The molecule has 0 N–H and O–H groups in total. The minimum atomic E-state index is -1.97. The van der Waals surface area contributed by atoms with E-state index in [1.165, 1.54) is 0 Å². The molecule has 2 aliphatic carbocycles. The number of carbonyl (C=O) groups excluding carboxylic acids is 1. The van der Waals surface area contributed by atoms with Crippen LogP contribution in [0.15, 0.2) is 24.8 Å². The zero-order valence-corrected chi connectivity index (χ0v) is 16.1. The average molecular weight is 335 g/mol. The van der Waals surface area contributed by atoms with Gasteiger partial charge in [0.25, 0.3) is 0 Å². The van der Waals surface area contributed by atoms with Gasteiger partial charge in [0.1, 0.15) is 0 Å². The highest BCUT2D eigenvalue weighted by Gasteiger charge is 2.62. The van der Waals surface area contributed by atoms with E-state index in [0.29, 0.717) is 18.4 Å². The fourth-order valence-corrected chi connectivity index (χ4v) is 5.63. The van der Waals surface area contributed by atoms with Gasteiger partial charge >= 0.3 is 5.97 Å². The molecule has 0 aromatic carbocycles. The molecule has 2 bridgehead atoms. The number of ether oxygens (including phenoxy) is 1. The quantitative estimate of drug-likeness (QED) is 0.436. The van der Waals surface area contributed by atoms with Crippen LogP contribution in [0.25, 0.3) is 0 Å². The van der Waals surface area contributed by atoms with Gasteiger partial charge in [0.15, 0.2) is 8.32 Å². The fraction of sp³-hybridized carbons (Fsp3) is 0.737. The summed E-state index contributed by atoms with van der Waals surface area (Å²) >= 11 is 0. The molecular formula is C19H30O3Si. The molecule has 4 heteroatoms. The molecule has 1 unspecified atom stereocenters. The zero-order chi connectivity index (χ0) is 17.0. The second kappa shape index (κ2) is 5.32. The average Bonchev–Trinajstić information content (AvgIpc) is 3.11. The normalized spacial score (nSPS) is 37.4. The zero-order valence-electron chi connectivity index (χ0n) is 15.1. The van der Waals surface area contributed by atoms with Gasteiger partial charge < -0.3 is 9.16 Å². The molecule has 0 radical (unpaired) electrons. The molecule has 5 atom stereocenters. The summed E-state index contributed by atoms with van der Waals surface area (Å²) in [6.45, 7) is 15.7. The largest absolute Gasteiger partial charge is 0.465 e. The Morgan fingerprint density at radius 1 is 1.43 bits per heavy atom. The molecular weight excluding hydrogens is 304 g/mol. The molecule has 128 valence electrons. The monoisotopic (exact) mass is 334 g/mol. The van der Waals surface area contributed by atoms with E-state index in [9.17, 15) is 4.79 Å². The van der Waals surface area contributed by atoms with E-state index in [2.05, 4.69) is 52.6 Å². The topological polar surface area (TPSA) is 35.5 Å². The maximum absolute atomic E-state index is 12.6. The van der Waals surface area contributed by atoms with Gasteiger partial charge in [-0.2, -0.15) is 0 Å². The predicted octanol–water partition coefficient (Wildman–Crippen LogP) is 4.32. The molecule has 1 saturated heterocycles. The molecule has 1 aliphatic heterocycles. The molecule has 1 saturated carbocycles. The van der Waals surface area contributed by atoms with Crippen molar-refractivity contribution in [2.75, 3.05) is 6.61 Å². The summed E-state index contributed by atoms with van der Waals surface area (Å²) in [4.78, 5) is 12.6. The van der Waals surface area contributed by atoms with Crippen LogP contribution in [0.2, 0.25) is 18.1 Å². The Morgan fingerprint density at radius 3 is 2.61 bits per heavy atom. The molecule has 3 nitrogen and oxygen atoms in total. The highest BCUT2D eigenvalue weighted by Crippen LogP contribution is 2.60. The number of carbonyl (C=O) groups is 1. The van der Waals surface area contributed by atoms with Crippen molar-refractivity contribution in [1.82, 2.24) is 0 Å². The van der Waals surface area contributed by atoms with E-state index >= 15 is 0 Å². The van der Waals surface area contributed by atoms with Gasteiger partial charge in [0.2, 0.25) is 0 Å². The van der Waals surface area contributed by atoms with Crippen LogP contribution in [-0.4, -0.2) is 27.0 Å². The highest BCUT2D eigenvalue weighted by molar-refractivity contribution is 6.74. The van der Waals surface area contributed by atoms with Crippen LogP contribution in [-0.2, 0) is 14.0 Å². The SMILES string of the molecule is C=C[C@@H](O[Si](C)(C)C(C)(C)C)C1C(=O)OC[C@]12C[C@@H]1C=C[C@H]2C1. The van der Waals surface area contributed by atoms with Gasteiger partial charge in [-0.1, -0.05) is 39.0 Å². The molecule has 23 heavy (non-hydrogen) atoms. The number of hydrogen-bond acceptors (Lipinski definition) is 3. The maximum Gasteiger partial charge on any atom is 0.312 e. The van der Waals surface area contributed by atoms with Crippen molar-refractivity contribution >= 4 is 14.3 Å². The molecule has 3 aliphatic rings. The number of hydrogen-bond donors (Lipinski definition) is 0. The third-order valence-corrected chi connectivity index (χ3v) is 11.2. The summed E-state index contributed by atoms with van der Waals surface area (Å²) in [5.41, 5.74) is -0.0717. The fourth-order valence-electron chi connectivity index (χ4n) is 4.37. The van der Waals surface area contributed by atoms with Gasteiger partial charge in [0, 0.05) is 5.41 Å².